The molecule has 0 fully saturated rings. The van der Waals surface area contributed by atoms with Crippen LogP contribution in [0.5, 0.6) is 0 Å². The highest BCUT2D eigenvalue weighted by molar-refractivity contribution is 5.87. The van der Waals surface area contributed by atoms with Crippen LogP contribution in [-0.2, 0) is 17.4 Å². The molecule has 31 heavy (non-hydrogen) atoms. The molecule has 162 valence electrons. The number of carbonyl (C=O) groups is 1. The molecular formula is C27H32N2O2. The van der Waals surface area contributed by atoms with Gasteiger partial charge >= 0.3 is 5.97 Å². The molecule has 0 amide bonds. The van der Waals surface area contributed by atoms with Crippen molar-refractivity contribution in [3.05, 3.63) is 89.1 Å². The number of pyridine rings is 1. The summed E-state index contributed by atoms with van der Waals surface area (Å²) in [6.45, 7) is 14.0. The average molecular weight is 417 g/mol. The normalized spacial score (nSPS) is 11.9. The molecule has 4 nitrogen and oxygen atoms in total. The Kier molecular flexibility index (Phi) is 6.21. The minimum Gasteiger partial charge on any atom is -0.478 e. The van der Waals surface area contributed by atoms with Gasteiger partial charge < -0.3 is 10.0 Å². The van der Waals surface area contributed by atoms with Crippen LogP contribution in [0.4, 0.5) is 11.5 Å². The van der Waals surface area contributed by atoms with E-state index in [0.717, 1.165) is 17.1 Å². The second kappa shape index (κ2) is 8.54. The highest BCUT2D eigenvalue weighted by Gasteiger charge is 2.23. The summed E-state index contributed by atoms with van der Waals surface area (Å²) in [5.41, 5.74) is 4.90. The zero-order chi connectivity index (χ0) is 22.8. The first kappa shape index (κ1) is 22.5. The molecule has 1 N–H and O–H groups in total. The van der Waals surface area contributed by atoms with Crippen molar-refractivity contribution < 1.29 is 9.90 Å². The molecule has 0 aliphatic carbocycles. The largest absolute Gasteiger partial charge is 0.478 e. The summed E-state index contributed by atoms with van der Waals surface area (Å²) in [4.78, 5) is 18.0. The Morgan fingerprint density at radius 2 is 1.45 bits per heavy atom. The Bertz CT molecular complexity index is 1010. The fourth-order valence-corrected chi connectivity index (χ4v) is 3.38. The topological polar surface area (TPSA) is 53.4 Å². The fraction of sp³-hybridized carbons (Fsp3) is 0.333. The number of carboxylic acid groups (broad SMARTS) is 1. The number of carboxylic acids is 1. The lowest BCUT2D eigenvalue weighted by Gasteiger charge is -2.30. The monoisotopic (exact) mass is 416 g/mol. The minimum atomic E-state index is -0.974. The van der Waals surface area contributed by atoms with Crippen LogP contribution in [0.15, 0.2) is 66.9 Å². The first-order valence-electron chi connectivity index (χ1n) is 10.6. The number of anilines is 2. The van der Waals surface area contributed by atoms with Crippen molar-refractivity contribution in [1.82, 2.24) is 4.98 Å². The van der Waals surface area contributed by atoms with Gasteiger partial charge in [-0.1, -0.05) is 77.9 Å². The van der Waals surface area contributed by atoms with Crippen molar-refractivity contribution in [3.8, 4) is 0 Å². The van der Waals surface area contributed by atoms with Crippen molar-refractivity contribution in [3.63, 3.8) is 0 Å². The van der Waals surface area contributed by atoms with Crippen molar-refractivity contribution in [2.24, 2.45) is 0 Å². The van der Waals surface area contributed by atoms with E-state index in [2.05, 4.69) is 81.8 Å². The Morgan fingerprint density at radius 3 is 1.90 bits per heavy atom. The van der Waals surface area contributed by atoms with E-state index < -0.39 is 5.97 Å². The van der Waals surface area contributed by atoms with Gasteiger partial charge in [-0.05, 0) is 51.8 Å². The number of benzene rings is 2. The molecule has 0 radical (unpaired) electrons. The van der Waals surface area contributed by atoms with Gasteiger partial charge in [0.05, 0.1) is 5.56 Å². The van der Waals surface area contributed by atoms with Gasteiger partial charge in [0.15, 0.2) is 0 Å². The number of rotatable bonds is 5. The smallest absolute Gasteiger partial charge is 0.337 e. The van der Waals surface area contributed by atoms with Crippen LogP contribution in [0, 0.1) is 0 Å². The Labute approximate surface area is 185 Å². The standard InChI is InChI=1S/C27H32N2O2/c1-26(2,3)21-14-22(27(4,5)6)16-23(15-21)29(18-19-10-8-7-9-11-19)24-13-12-20(17-28-24)25(30)31/h7-17H,18H2,1-6H3,(H,30,31). The third kappa shape index (κ3) is 5.52. The predicted molar refractivity (Wildman–Crippen MR) is 127 cm³/mol. The highest BCUT2D eigenvalue weighted by Crippen LogP contribution is 2.36. The van der Waals surface area contributed by atoms with E-state index in [1.807, 2.05) is 18.2 Å². The van der Waals surface area contributed by atoms with E-state index in [1.54, 1.807) is 12.1 Å². The van der Waals surface area contributed by atoms with Gasteiger partial charge in [-0.3, -0.25) is 0 Å². The lowest BCUT2D eigenvalue weighted by Crippen LogP contribution is -2.22. The van der Waals surface area contributed by atoms with Crippen molar-refractivity contribution in [1.29, 1.82) is 0 Å². The zero-order valence-electron chi connectivity index (χ0n) is 19.3. The number of hydrogen-bond acceptors (Lipinski definition) is 3. The number of nitrogens with zero attached hydrogens (tertiary/aromatic N) is 2. The third-order valence-electron chi connectivity index (χ3n) is 5.42. The Balaban J connectivity index is 2.17. The Morgan fingerprint density at radius 1 is 0.871 bits per heavy atom. The van der Waals surface area contributed by atoms with Crippen LogP contribution in [-0.4, -0.2) is 16.1 Å². The average Bonchev–Trinajstić information content (AvgIpc) is 2.71. The van der Waals surface area contributed by atoms with Gasteiger partial charge in [0.1, 0.15) is 5.82 Å². The first-order valence-corrected chi connectivity index (χ1v) is 10.6. The molecule has 0 saturated heterocycles. The van der Waals surface area contributed by atoms with Crippen LogP contribution in [0.3, 0.4) is 0 Å². The maximum absolute atomic E-state index is 11.3. The molecule has 2 aromatic carbocycles. The molecule has 1 heterocycles. The van der Waals surface area contributed by atoms with E-state index in [9.17, 15) is 9.90 Å². The molecule has 0 unspecified atom stereocenters. The molecule has 0 saturated carbocycles. The van der Waals surface area contributed by atoms with E-state index >= 15 is 0 Å². The van der Waals surface area contributed by atoms with Crippen LogP contribution in [0.1, 0.15) is 68.6 Å². The predicted octanol–water partition coefficient (Wildman–Crippen LogP) is 6.71. The van der Waals surface area contributed by atoms with Gasteiger partial charge in [-0.2, -0.15) is 0 Å². The summed E-state index contributed by atoms with van der Waals surface area (Å²) in [6.07, 6.45) is 1.42. The summed E-state index contributed by atoms with van der Waals surface area (Å²) in [5.74, 6) is -0.252. The Hall–Kier alpha value is -3.14. The van der Waals surface area contributed by atoms with E-state index in [0.29, 0.717) is 6.54 Å². The fourth-order valence-electron chi connectivity index (χ4n) is 3.38. The van der Waals surface area contributed by atoms with Crippen molar-refractivity contribution in [2.75, 3.05) is 4.90 Å². The van der Waals surface area contributed by atoms with Crippen LogP contribution in [0.2, 0.25) is 0 Å². The first-order chi connectivity index (χ1) is 14.4. The molecule has 3 rings (SSSR count). The summed E-state index contributed by atoms with van der Waals surface area (Å²) >= 11 is 0. The lowest BCUT2D eigenvalue weighted by atomic mass is 9.80. The maximum Gasteiger partial charge on any atom is 0.337 e. The molecule has 4 heteroatoms. The molecule has 0 bridgehead atoms. The van der Waals surface area contributed by atoms with E-state index in [4.69, 9.17) is 0 Å². The second-order valence-electron chi connectivity index (χ2n) is 10.1. The zero-order valence-corrected chi connectivity index (χ0v) is 19.3. The van der Waals surface area contributed by atoms with Crippen LogP contribution >= 0.6 is 0 Å². The maximum atomic E-state index is 11.3. The second-order valence-corrected chi connectivity index (χ2v) is 10.1. The summed E-state index contributed by atoms with van der Waals surface area (Å²) < 4.78 is 0. The number of hydrogen-bond donors (Lipinski definition) is 1. The number of aromatic nitrogens is 1. The third-order valence-corrected chi connectivity index (χ3v) is 5.42. The van der Waals surface area contributed by atoms with Crippen molar-refractivity contribution in [2.45, 2.75) is 58.9 Å². The number of aromatic carboxylic acids is 1. The van der Waals surface area contributed by atoms with Gasteiger partial charge in [-0.25, -0.2) is 9.78 Å². The van der Waals surface area contributed by atoms with Gasteiger partial charge in [-0.15, -0.1) is 0 Å². The highest BCUT2D eigenvalue weighted by atomic mass is 16.4. The van der Waals surface area contributed by atoms with Gasteiger partial charge in [0, 0.05) is 18.4 Å². The molecule has 0 spiro atoms. The summed E-state index contributed by atoms with van der Waals surface area (Å²) in [7, 11) is 0. The molecule has 0 atom stereocenters. The van der Waals surface area contributed by atoms with E-state index in [-0.39, 0.29) is 16.4 Å². The molecule has 1 aromatic heterocycles. The van der Waals surface area contributed by atoms with Crippen LogP contribution < -0.4 is 4.90 Å². The van der Waals surface area contributed by atoms with Crippen molar-refractivity contribution >= 4 is 17.5 Å². The SMILES string of the molecule is CC(C)(C)c1cc(N(Cc2ccccc2)c2ccc(C(=O)O)cn2)cc(C(C)(C)C)c1. The van der Waals surface area contributed by atoms with Gasteiger partial charge in [0.25, 0.3) is 0 Å². The quantitative estimate of drug-likeness (QED) is 0.502. The summed E-state index contributed by atoms with van der Waals surface area (Å²) in [5, 5.41) is 9.26. The lowest BCUT2D eigenvalue weighted by molar-refractivity contribution is 0.0696. The minimum absolute atomic E-state index is 0.00494. The van der Waals surface area contributed by atoms with E-state index in [1.165, 1.54) is 17.3 Å². The van der Waals surface area contributed by atoms with Gasteiger partial charge in [0.2, 0.25) is 0 Å². The molecule has 3 aromatic rings. The molecular weight excluding hydrogens is 384 g/mol. The van der Waals surface area contributed by atoms with Crippen LogP contribution in [0.25, 0.3) is 0 Å². The summed E-state index contributed by atoms with van der Waals surface area (Å²) in [6, 6.07) is 20.4. The molecule has 0 aliphatic heterocycles. The molecule has 0 aliphatic rings.